The van der Waals surface area contributed by atoms with Crippen LogP contribution in [0.15, 0.2) is 6.20 Å². The van der Waals surface area contributed by atoms with Crippen molar-refractivity contribution >= 4 is 28.7 Å². The molecule has 11 nitrogen and oxygen atoms in total. The molecule has 1 aliphatic heterocycles. The summed E-state index contributed by atoms with van der Waals surface area (Å²) >= 11 is 0. The lowest BCUT2D eigenvalue weighted by Crippen LogP contribution is -2.33. The number of fused-ring (bicyclic) bond motifs is 1. The van der Waals surface area contributed by atoms with Crippen molar-refractivity contribution in [2.24, 2.45) is 11.7 Å². The van der Waals surface area contributed by atoms with Gasteiger partial charge in [-0.1, -0.05) is 26.7 Å². The number of anilines is 1. The zero-order valence-electron chi connectivity index (χ0n) is 18.5. The van der Waals surface area contributed by atoms with Crippen molar-refractivity contribution in [3.05, 3.63) is 17.6 Å². The Bertz CT molecular complexity index is 987. The van der Waals surface area contributed by atoms with Gasteiger partial charge in [-0.15, -0.1) is 0 Å². The number of nitrogens with one attached hydrogen (secondary N) is 1. The molecule has 2 amide bonds. The minimum atomic E-state index is -1.38. The number of hydrogen-bond donors (Lipinski definition) is 5. The van der Waals surface area contributed by atoms with Crippen LogP contribution in [0.25, 0.3) is 11.0 Å². The number of amides is 2. The van der Waals surface area contributed by atoms with Gasteiger partial charge < -0.3 is 35.7 Å². The van der Waals surface area contributed by atoms with Gasteiger partial charge in [0.25, 0.3) is 5.91 Å². The number of rotatable bonds is 9. The first-order valence-electron chi connectivity index (χ1n) is 10.9. The van der Waals surface area contributed by atoms with E-state index in [1.807, 2.05) is 13.8 Å². The number of carbonyl (C=O) groups excluding carboxylic acids is 2. The van der Waals surface area contributed by atoms with E-state index in [-0.39, 0.29) is 34.2 Å². The molecule has 0 radical (unpaired) electrons. The van der Waals surface area contributed by atoms with Crippen LogP contribution in [0.2, 0.25) is 0 Å². The summed E-state index contributed by atoms with van der Waals surface area (Å²) in [5, 5.41) is 33.0. The second-order valence-electron chi connectivity index (χ2n) is 8.12. The fraction of sp³-hybridized carbons (Fsp3) is 0.619. The van der Waals surface area contributed by atoms with E-state index in [2.05, 4.69) is 15.3 Å². The minimum absolute atomic E-state index is 0.0376. The Kier molecular flexibility index (Phi) is 7.44. The molecule has 32 heavy (non-hydrogen) atoms. The number of carbonyl (C=O) groups is 2. The van der Waals surface area contributed by atoms with E-state index in [4.69, 9.17) is 10.5 Å². The molecule has 0 unspecified atom stereocenters. The van der Waals surface area contributed by atoms with Crippen LogP contribution >= 0.6 is 0 Å². The maximum Gasteiger partial charge on any atom is 0.251 e. The average molecular weight is 450 g/mol. The number of nitrogens with zero attached hydrogens (tertiary/aromatic N) is 3. The van der Waals surface area contributed by atoms with Crippen molar-refractivity contribution < 1.29 is 29.6 Å². The smallest absolute Gasteiger partial charge is 0.251 e. The van der Waals surface area contributed by atoms with Crippen molar-refractivity contribution in [2.45, 2.75) is 71.0 Å². The van der Waals surface area contributed by atoms with E-state index in [1.165, 1.54) is 10.8 Å². The van der Waals surface area contributed by atoms with E-state index < -0.39 is 37.1 Å². The second-order valence-corrected chi connectivity index (χ2v) is 8.12. The summed E-state index contributed by atoms with van der Waals surface area (Å²) in [6.45, 7) is 5.15. The highest BCUT2D eigenvalue weighted by atomic mass is 16.6. The van der Waals surface area contributed by atoms with E-state index >= 15 is 0 Å². The fourth-order valence-corrected chi connectivity index (χ4v) is 4.16. The summed E-state index contributed by atoms with van der Waals surface area (Å²) < 4.78 is 6.97. The number of aryl methyl sites for hydroxylation is 1. The first-order valence-corrected chi connectivity index (χ1v) is 10.9. The van der Waals surface area contributed by atoms with Gasteiger partial charge >= 0.3 is 0 Å². The fourth-order valence-electron chi connectivity index (χ4n) is 4.16. The first kappa shape index (κ1) is 24.1. The largest absolute Gasteiger partial charge is 0.394 e. The highest BCUT2D eigenvalue weighted by Crippen LogP contribution is 2.35. The van der Waals surface area contributed by atoms with Crippen LogP contribution in [-0.4, -0.2) is 66.6 Å². The quantitative estimate of drug-likeness (QED) is 0.370. The predicted molar refractivity (Wildman–Crippen MR) is 116 cm³/mol. The van der Waals surface area contributed by atoms with Crippen LogP contribution < -0.4 is 11.1 Å². The van der Waals surface area contributed by atoms with Crippen LogP contribution in [0, 0.1) is 12.8 Å². The molecule has 11 heteroatoms. The number of primary amides is 1. The van der Waals surface area contributed by atoms with E-state index in [9.17, 15) is 24.9 Å². The number of ether oxygens (including phenoxy) is 1. The highest BCUT2D eigenvalue weighted by Gasteiger charge is 2.44. The SMILES string of the molecule is CCCC(CCC)C(=O)Nc1nc(C)nc2c1c(C(N)=O)cn2[C@@H]1O[C@H](CO)[C@@H](O)[C@H]1O. The topological polar surface area (TPSA) is 173 Å². The number of hydrogen-bond acceptors (Lipinski definition) is 8. The van der Waals surface area contributed by atoms with Gasteiger partial charge in [-0.3, -0.25) is 9.59 Å². The number of aliphatic hydroxyl groups excluding tert-OH is 3. The highest BCUT2D eigenvalue weighted by molar-refractivity contribution is 6.11. The Hall–Kier alpha value is -2.60. The van der Waals surface area contributed by atoms with Gasteiger partial charge in [0.05, 0.1) is 17.6 Å². The summed E-state index contributed by atoms with van der Waals surface area (Å²) in [6.07, 6.45) is -0.334. The average Bonchev–Trinajstić information content (AvgIpc) is 3.25. The molecule has 1 fully saturated rings. The predicted octanol–water partition coefficient (Wildman–Crippen LogP) is 0.605. The van der Waals surface area contributed by atoms with Crippen LogP contribution in [0.3, 0.4) is 0 Å². The maximum absolute atomic E-state index is 12.9. The number of aromatic nitrogens is 3. The molecule has 1 saturated heterocycles. The van der Waals surface area contributed by atoms with Gasteiger partial charge in [-0.25, -0.2) is 9.97 Å². The number of aliphatic hydroxyl groups is 3. The van der Waals surface area contributed by atoms with Gasteiger partial charge in [-0.2, -0.15) is 0 Å². The van der Waals surface area contributed by atoms with E-state index in [0.717, 1.165) is 25.7 Å². The summed E-state index contributed by atoms with van der Waals surface area (Å²) in [4.78, 5) is 33.9. The van der Waals surface area contributed by atoms with Crippen molar-refractivity contribution in [1.29, 1.82) is 0 Å². The summed E-state index contributed by atoms with van der Waals surface area (Å²) in [6, 6.07) is 0. The van der Waals surface area contributed by atoms with Crippen molar-refractivity contribution in [1.82, 2.24) is 14.5 Å². The molecule has 2 aromatic rings. The Labute approximate surface area is 185 Å². The van der Waals surface area contributed by atoms with Crippen LogP contribution in [-0.2, 0) is 9.53 Å². The Morgan fingerprint density at radius 3 is 2.41 bits per heavy atom. The third-order valence-corrected chi connectivity index (χ3v) is 5.73. The molecule has 0 aliphatic carbocycles. The molecule has 0 spiro atoms. The Morgan fingerprint density at radius 1 is 1.22 bits per heavy atom. The zero-order chi connectivity index (χ0) is 23.6. The first-order chi connectivity index (χ1) is 15.2. The van der Waals surface area contributed by atoms with E-state index in [0.29, 0.717) is 5.82 Å². The molecule has 1 aliphatic rings. The molecule has 3 heterocycles. The molecule has 2 aromatic heterocycles. The standard InChI is InChI=1S/C21H31N5O6/c1-4-6-11(7-5-2)20(31)25-18-14-12(17(22)30)8-26(19(14)24-10(3)23-18)21-16(29)15(28)13(9-27)32-21/h8,11,13,15-16,21,27-29H,4-7,9H2,1-3H3,(H2,22,30)(H,23,24,25,31)/t13-,15-,16-,21-/m1/s1. The molecule has 6 N–H and O–H groups in total. The third kappa shape index (κ3) is 4.46. The molecule has 4 atom stereocenters. The lowest BCUT2D eigenvalue weighted by molar-refractivity contribution is -0.120. The zero-order valence-corrected chi connectivity index (χ0v) is 18.5. The molecule has 0 bridgehead atoms. The number of nitrogens with two attached hydrogens (primary N) is 1. The Morgan fingerprint density at radius 2 is 1.88 bits per heavy atom. The van der Waals surface area contributed by atoms with Crippen LogP contribution in [0.4, 0.5) is 5.82 Å². The van der Waals surface area contributed by atoms with Gasteiger partial charge in [-0.05, 0) is 19.8 Å². The molecular formula is C21H31N5O6. The molecular weight excluding hydrogens is 418 g/mol. The molecule has 3 rings (SSSR count). The molecule has 0 saturated carbocycles. The third-order valence-electron chi connectivity index (χ3n) is 5.73. The van der Waals surface area contributed by atoms with Crippen molar-refractivity contribution in [3.8, 4) is 0 Å². The van der Waals surface area contributed by atoms with Crippen molar-refractivity contribution in [3.63, 3.8) is 0 Å². The van der Waals surface area contributed by atoms with Gasteiger partial charge in [0.15, 0.2) is 6.23 Å². The summed E-state index contributed by atoms with van der Waals surface area (Å²) in [5.41, 5.74) is 5.83. The second kappa shape index (κ2) is 9.90. The van der Waals surface area contributed by atoms with Gasteiger partial charge in [0.2, 0.25) is 5.91 Å². The normalized spacial score (nSPS) is 23.2. The minimum Gasteiger partial charge on any atom is -0.394 e. The summed E-state index contributed by atoms with van der Waals surface area (Å²) in [5.74, 6) is -0.715. The van der Waals surface area contributed by atoms with Gasteiger partial charge in [0, 0.05) is 12.1 Å². The monoisotopic (exact) mass is 449 g/mol. The molecule has 176 valence electrons. The summed E-state index contributed by atoms with van der Waals surface area (Å²) in [7, 11) is 0. The maximum atomic E-state index is 12.9. The lowest BCUT2D eigenvalue weighted by atomic mass is 9.97. The molecule has 0 aromatic carbocycles. The van der Waals surface area contributed by atoms with Crippen molar-refractivity contribution in [2.75, 3.05) is 11.9 Å². The van der Waals surface area contributed by atoms with Crippen LogP contribution in [0.5, 0.6) is 0 Å². The van der Waals surface area contributed by atoms with Crippen LogP contribution in [0.1, 0.15) is 61.9 Å². The van der Waals surface area contributed by atoms with Gasteiger partial charge in [0.1, 0.15) is 35.6 Å². The van der Waals surface area contributed by atoms with E-state index in [1.54, 1.807) is 6.92 Å². The lowest BCUT2D eigenvalue weighted by Gasteiger charge is -2.18. The Balaban J connectivity index is 2.10.